The van der Waals surface area contributed by atoms with Gasteiger partial charge in [0.05, 0.1) is 20.5 Å². The van der Waals surface area contributed by atoms with E-state index >= 15 is 0 Å². The summed E-state index contributed by atoms with van der Waals surface area (Å²) in [5.74, 6) is -1.36. The number of rotatable bonds is 4. The molecule has 0 unspecified atom stereocenters. The van der Waals surface area contributed by atoms with E-state index in [4.69, 9.17) is 27.9 Å². The first-order valence-electron chi connectivity index (χ1n) is 6.30. The van der Waals surface area contributed by atoms with Gasteiger partial charge in [-0.25, -0.2) is 0 Å². The van der Waals surface area contributed by atoms with Crippen LogP contribution in [0, 0.1) is 10.1 Å². The highest BCUT2D eigenvalue weighted by Gasteiger charge is 2.34. The van der Waals surface area contributed by atoms with Crippen molar-refractivity contribution >= 4 is 39.0 Å². The van der Waals surface area contributed by atoms with Crippen LogP contribution >= 0.6 is 23.2 Å². The average Bonchev–Trinajstić information content (AvgIpc) is 2.48. The summed E-state index contributed by atoms with van der Waals surface area (Å²) >= 11 is 11.4. The molecule has 0 aliphatic carbocycles. The van der Waals surface area contributed by atoms with Crippen molar-refractivity contribution in [2.45, 2.75) is 11.1 Å². The highest BCUT2D eigenvalue weighted by molar-refractivity contribution is 7.86. The van der Waals surface area contributed by atoms with Crippen molar-refractivity contribution in [2.24, 2.45) is 0 Å². The Balaban J connectivity index is 2.62. The van der Waals surface area contributed by atoms with E-state index in [0.717, 1.165) is 12.1 Å². The monoisotopic (exact) mass is 431 g/mol. The zero-order chi connectivity index (χ0) is 19.9. The second-order valence-electron chi connectivity index (χ2n) is 4.73. The number of alkyl halides is 3. The normalized spacial score (nSPS) is 12.1. The lowest BCUT2D eigenvalue weighted by atomic mass is 10.2. The predicted molar refractivity (Wildman–Crippen MR) is 84.4 cm³/mol. The number of ether oxygens (including phenoxy) is 1. The Morgan fingerprint density at radius 3 is 2.15 bits per heavy atom. The van der Waals surface area contributed by atoms with Crippen LogP contribution < -0.4 is 4.74 Å². The maximum Gasteiger partial charge on any atom is 0.416 e. The van der Waals surface area contributed by atoms with E-state index in [2.05, 4.69) is 0 Å². The fraction of sp³-hybridized carbons (Fsp3) is 0.0769. The number of nitro groups is 1. The SMILES string of the molecule is O=[N+]([O-])c1cc(C(F)(F)F)ccc1Oc1cc(Cl)c(Cl)cc1S(=O)(=O)O. The molecule has 13 heteroatoms. The lowest BCUT2D eigenvalue weighted by molar-refractivity contribution is -0.385. The second-order valence-corrected chi connectivity index (χ2v) is 6.93. The minimum absolute atomic E-state index is 0.219. The lowest BCUT2D eigenvalue weighted by Crippen LogP contribution is -2.06. The Bertz CT molecular complexity index is 994. The second kappa shape index (κ2) is 6.91. The molecule has 0 amide bonds. The molecule has 2 aromatic carbocycles. The zero-order valence-corrected chi connectivity index (χ0v) is 14.4. The van der Waals surface area contributed by atoms with E-state index in [1.165, 1.54) is 0 Å². The van der Waals surface area contributed by atoms with Crippen LogP contribution in [0.2, 0.25) is 10.0 Å². The first-order valence-corrected chi connectivity index (χ1v) is 8.50. The highest BCUT2D eigenvalue weighted by Crippen LogP contribution is 2.41. The Labute approximate surface area is 153 Å². The van der Waals surface area contributed by atoms with Crippen molar-refractivity contribution in [2.75, 3.05) is 0 Å². The third-order valence-electron chi connectivity index (χ3n) is 2.97. The Morgan fingerprint density at radius 1 is 1.08 bits per heavy atom. The van der Waals surface area contributed by atoms with Crippen molar-refractivity contribution in [3.05, 3.63) is 56.1 Å². The van der Waals surface area contributed by atoms with Crippen molar-refractivity contribution in [1.82, 2.24) is 0 Å². The van der Waals surface area contributed by atoms with E-state index < -0.39 is 48.9 Å². The van der Waals surface area contributed by atoms with Gasteiger partial charge in [0, 0.05) is 12.1 Å². The van der Waals surface area contributed by atoms with E-state index in [1.54, 1.807) is 0 Å². The molecule has 1 N–H and O–H groups in total. The minimum Gasteiger partial charge on any atom is -0.449 e. The smallest absolute Gasteiger partial charge is 0.416 e. The van der Waals surface area contributed by atoms with Crippen LogP contribution in [0.5, 0.6) is 11.5 Å². The van der Waals surface area contributed by atoms with Gasteiger partial charge in [-0.2, -0.15) is 21.6 Å². The van der Waals surface area contributed by atoms with Gasteiger partial charge in [-0.1, -0.05) is 23.2 Å². The van der Waals surface area contributed by atoms with Crippen LogP contribution in [-0.4, -0.2) is 17.9 Å². The number of hydrogen-bond acceptors (Lipinski definition) is 5. The summed E-state index contributed by atoms with van der Waals surface area (Å²) in [4.78, 5) is 9.02. The summed E-state index contributed by atoms with van der Waals surface area (Å²) < 4.78 is 75.1. The van der Waals surface area contributed by atoms with Gasteiger partial charge in [-0.05, 0) is 18.2 Å². The van der Waals surface area contributed by atoms with E-state index in [0.29, 0.717) is 12.1 Å². The zero-order valence-electron chi connectivity index (χ0n) is 12.1. The number of halogens is 5. The predicted octanol–water partition coefficient (Wildman–Crippen LogP) is 4.96. The number of nitro benzene ring substituents is 1. The van der Waals surface area contributed by atoms with Gasteiger partial charge in [0.15, 0.2) is 0 Å². The van der Waals surface area contributed by atoms with Crippen LogP contribution in [0.4, 0.5) is 18.9 Å². The van der Waals surface area contributed by atoms with E-state index in [9.17, 15) is 36.3 Å². The van der Waals surface area contributed by atoms with Gasteiger partial charge >= 0.3 is 11.9 Å². The average molecular weight is 432 g/mol. The van der Waals surface area contributed by atoms with Crippen LogP contribution in [0.3, 0.4) is 0 Å². The molecule has 2 aromatic rings. The molecule has 2 rings (SSSR count). The first kappa shape index (κ1) is 20.2. The van der Waals surface area contributed by atoms with Gasteiger partial charge < -0.3 is 4.74 Å². The van der Waals surface area contributed by atoms with Gasteiger partial charge in [0.1, 0.15) is 10.6 Å². The first-order chi connectivity index (χ1) is 11.8. The third-order valence-corrected chi connectivity index (χ3v) is 4.56. The van der Waals surface area contributed by atoms with Crippen molar-refractivity contribution in [3.63, 3.8) is 0 Å². The molecule has 0 saturated heterocycles. The summed E-state index contributed by atoms with van der Waals surface area (Å²) in [6.45, 7) is 0. The van der Waals surface area contributed by atoms with E-state index in [-0.39, 0.29) is 16.1 Å². The maximum atomic E-state index is 12.7. The molecule has 7 nitrogen and oxygen atoms in total. The molecule has 0 bridgehead atoms. The fourth-order valence-electron chi connectivity index (χ4n) is 1.83. The number of benzene rings is 2. The molecule has 0 heterocycles. The van der Waals surface area contributed by atoms with Gasteiger partial charge in [-0.3, -0.25) is 14.7 Å². The van der Waals surface area contributed by atoms with Crippen molar-refractivity contribution in [1.29, 1.82) is 0 Å². The van der Waals surface area contributed by atoms with Crippen molar-refractivity contribution in [3.8, 4) is 11.5 Å². The molecule has 0 spiro atoms. The van der Waals surface area contributed by atoms with Gasteiger partial charge in [0.2, 0.25) is 5.75 Å². The topological polar surface area (TPSA) is 107 Å². The molecule has 0 aliphatic heterocycles. The Hall–Kier alpha value is -2.08. The van der Waals surface area contributed by atoms with Crippen LogP contribution in [-0.2, 0) is 16.3 Å². The molecule has 0 aromatic heterocycles. The van der Waals surface area contributed by atoms with Crippen molar-refractivity contribution < 1.29 is 35.8 Å². The molecule has 0 aliphatic rings. The summed E-state index contributed by atoms with van der Waals surface area (Å²) in [6, 6.07) is 2.93. The standard InChI is InChI=1S/C13H6Cl2F3NO6S/c14-7-4-11(12(5-8(7)15)26(22,23)24)25-10-2-1-6(13(16,17)18)3-9(10)19(20)21/h1-5H,(H,22,23,24). The Morgan fingerprint density at radius 2 is 1.65 bits per heavy atom. The molecule has 0 radical (unpaired) electrons. The van der Waals surface area contributed by atoms with E-state index in [1.807, 2.05) is 0 Å². The lowest BCUT2D eigenvalue weighted by Gasteiger charge is -2.12. The highest BCUT2D eigenvalue weighted by atomic mass is 35.5. The summed E-state index contributed by atoms with van der Waals surface area (Å²) in [5, 5.41) is 10.5. The molecular formula is C13H6Cl2F3NO6S. The van der Waals surface area contributed by atoms with Crippen LogP contribution in [0.15, 0.2) is 35.2 Å². The molecule has 0 atom stereocenters. The minimum atomic E-state index is -4.88. The van der Waals surface area contributed by atoms with Crippen LogP contribution in [0.1, 0.15) is 5.56 Å². The quantitative estimate of drug-likeness (QED) is 0.416. The molecular weight excluding hydrogens is 426 g/mol. The molecule has 140 valence electrons. The van der Waals surface area contributed by atoms with Gasteiger partial charge in [0.25, 0.3) is 10.1 Å². The number of hydrogen-bond donors (Lipinski definition) is 1. The Kier molecular flexibility index (Phi) is 5.38. The molecule has 0 saturated carbocycles. The summed E-state index contributed by atoms with van der Waals surface area (Å²) in [6.07, 6.45) is -4.84. The van der Waals surface area contributed by atoms with Gasteiger partial charge in [-0.15, -0.1) is 0 Å². The summed E-state index contributed by atoms with van der Waals surface area (Å²) in [7, 11) is -4.88. The molecule has 26 heavy (non-hydrogen) atoms. The largest absolute Gasteiger partial charge is 0.449 e. The fourth-order valence-corrected chi connectivity index (χ4v) is 2.84. The number of nitrogens with zero attached hydrogens (tertiary/aromatic N) is 1. The summed E-state index contributed by atoms with van der Waals surface area (Å²) in [5.41, 5.74) is -2.38. The third kappa shape index (κ3) is 4.36. The maximum absolute atomic E-state index is 12.7. The van der Waals surface area contributed by atoms with Crippen LogP contribution in [0.25, 0.3) is 0 Å². The molecule has 0 fully saturated rings.